The number of ether oxygens (including phenoxy) is 2. The molecule has 200 valence electrons. The van der Waals surface area contributed by atoms with Crippen molar-refractivity contribution in [2.75, 3.05) is 32.8 Å². The van der Waals surface area contributed by atoms with Crippen LogP contribution in [-0.2, 0) is 19.1 Å². The summed E-state index contributed by atoms with van der Waals surface area (Å²) in [4.78, 5) is 27.3. The van der Waals surface area contributed by atoms with E-state index in [2.05, 4.69) is 5.32 Å². The highest BCUT2D eigenvalue weighted by Crippen LogP contribution is 2.37. The fraction of sp³-hybridized carbons (Fsp3) is 0.500. The molecule has 2 aromatic rings. The lowest BCUT2D eigenvalue weighted by atomic mass is 9.91. The number of halogens is 1. The topological polar surface area (TPSA) is 114 Å². The predicted molar refractivity (Wildman–Crippen MR) is 137 cm³/mol. The monoisotopic (exact) mass is 513 g/mol. The van der Waals surface area contributed by atoms with E-state index in [0.29, 0.717) is 42.6 Å². The van der Waals surface area contributed by atoms with Gasteiger partial charge in [0.1, 0.15) is 24.6 Å². The molecule has 0 unspecified atom stereocenters. The third-order valence-corrected chi connectivity index (χ3v) is 7.10. The summed E-state index contributed by atoms with van der Waals surface area (Å²) in [6, 6.07) is 11.9. The highest BCUT2D eigenvalue weighted by Gasteiger charge is 2.40. The number of hydrogen-bond acceptors (Lipinski definition) is 6. The standard InChI is InChI=1S/C28H36FN3O5/c1-3-31-25(34)16-37-27(20-8-5-9-21(29)26(20)18-7-4-6-17(2)12-18)24-15-32(10-11-36-24)28(35)19-13-22(30)23(33)14-19/h4-9,12,19,22-24,27,33H,3,10-11,13-16,30H2,1-2H3,(H,31,34)/t19-,22+,23-,24+,27-/m0/s1. The van der Waals surface area contributed by atoms with E-state index in [9.17, 15) is 14.7 Å². The maximum atomic E-state index is 15.3. The van der Waals surface area contributed by atoms with Crippen LogP contribution in [0.15, 0.2) is 42.5 Å². The lowest BCUT2D eigenvalue weighted by Gasteiger charge is -2.38. The van der Waals surface area contributed by atoms with Crippen molar-refractivity contribution in [3.8, 4) is 11.1 Å². The fourth-order valence-corrected chi connectivity index (χ4v) is 5.26. The van der Waals surface area contributed by atoms with E-state index < -0.39 is 30.2 Å². The van der Waals surface area contributed by atoms with Crippen LogP contribution in [0.4, 0.5) is 4.39 Å². The molecule has 5 atom stereocenters. The average molecular weight is 514 g/mol. The summed E-state index contributed by atoms with van der Waals surface area (Å²) in [6.07, 6.45) is -1.36. The van der Waals surface area contributed by atoms with Gasteiger partial charge in [-0.1, -0.05) is 42.0 Å². The largest absolute Gasteiger partial charge is 0.391 e. The summed E-state index contributed by atoms with van der Waals surface area (Å²) in [7, 11) is 0. The molecule has 4 rings (SSSR count). The number of hydrogen-bond donors (Lipinski definition) is 3. The van der Waals surface area contributed by atoms with Gasteiger partial charge in [-0.15, -0.1) is 0 Å². The number of aliphatic hydroxyl groups is 1. The zero-order chi connectivity index (χ0) is 26.5. The Morgan fingerprint density at radius 3 is 2.76 bits per heavy atom. The van der Waals surface area contributed by atoms with Crippen molar-refractivity contribution < 1.29 is 28.6 Å². The number of nitrogens with zero attached hydrogens (tertiary/aromatic N) is 1. The van der Waals surface area contributed by atoms with E-state index in [1.165, 1.54) is 6.07 Å². The third-order valence-electron chi connectivity index (χ3n) is 7.10. The molecule has 2 aliphatic rings. The number of nitrogens with one attached hydrogen (secondary N) is 1. The first-order chi connectivity index (χ1) is 17.8. The van der Waals surface area contributed by atoms with Crippen molar-refractivity contribution in [1.29, 1.82) is 0 Å². The number of amides is 2. The van der Waals surface area contributed by atoms with Gasteiger partial charge in [0.2, 0.25) is 11.8 Å². The van der Waals surface area contributed by atoms with Crippen molar-refractivity contribution in [2.24, 2.45) is 11.7 Å². The number of benzene rings is 2. The van der Waals surface area contributed by atoms with E-state index in [1.54, 1.807) is 17.0 Å². The highest BCUT2D eigenvalue weighted by molar-refractivity contribution is 5.79. The number of morpholine rings is 1. The summed E-state index contributed by atoms with van der Waals surface area (Å²) in [5.41, 5.74) is 8.54. The Labute approximate surface area is 216 Å². The van der Waals surface area contributed by atoms with Gasteiger partial charge in [-0.3, -0.25) is 9.59 Å². The first-order valence-corrected chi connectivity index (χ1v) is 12.9. The molecule has 0 radical (unpaired) electrons. The molecule has 2 amide bonds. The lowest BCUT2D eigenvalue weighted by Crippen LogP contribution is -2.50. The minimum absolute atomic E-state index is 0.0825. The number of likely N-dealkylation sites (N-methyl/N-ethyl adjacent to an activating group) is 1. The normalized spacial score (nSPS) is 24.6. The van der Waals surface area contributed by atoms with Gasteiger partial charge in [-0.05, 0) is 43.9 Å². The molecule has 0 spiro atoms. The van der Waals surface area contributed by atoms with Crippen LogP contribution >= 0.6 is 0 Å². The Bertz CT molecular complexity index is 1100. The minimum atomic E-state index is -0.805. The van der Waals surface area contributed by atoms with Gasteiger partial charge >= 0.3 is 0 Å². The number of carbonyl (C=O) groups is 2. The highest BCUT2D eigenvalue weighted by atomic mass is 19.1. The molecule has 0 aromatic heterocycles. The quantitative estimate of drug-likeness (QED) is 0.499. The second-order valence-electron chi connectivity index (χ2n) is 9.85. The summed E-state index contributed by atoms with van der Waals surface area (Å²) >= 11 is 0. The molecule has 37 heavy (non-hydrogen) atoms. The number of aliphatic hydroxyl groups excluding tert-OH is 1. The summed E-state index contributed by atoms with van der Waals surface area (Å²) in [5.74, 6) is -1.14. The van der Waals surface area contributed by atoms with Crippen LogP contribution in [0.2, 0.25) is 0 Å². The maximum absolute atomic E-state index is 15.3. The van der Waals surface area contributed by atoms with Gasteiger partial charge in [0.15, 0.2) is 0 Å². The lowest BCUT2D eigenvalue weighted by molar-refractivity contribution is -0.155. The minimum Gasteiger partial charge on any atom is -0.391 e. The zero-order valence-electron chi connectivity index (χ0n) is 21.4. The Kier molecular flexibility index (Phi) is 8.91. The third kappa shape index (κ3) is 6.35. The summed E-state index contributed by atoms with van der Waals surface area (Å²) in [5, 5.41) is 12.8. The van der Waals surface area contributed by atoms with Crippen LogP contribution in [-0.4, -0.2) is 72.9 Å². The van der Waals surface area contributed by atoms with Gasteiger partial charge in [-0.25, -0.2) is 4.39 Å². The van der Waals surface area contributed by atoms with Crippen LogP contribution in [0.25, 0.3) is 11.1 Å². The van der Waals surface area contributed by atoms with Gasteiger partial charge in [-0.2, -0.15) is 0 Å². The number of aryl methyl sites for hydroxylation is 1. The molecule has 1 saturated heterocycles. The van der Waals surface area contributed by atoms with Crippen molar-refractivity contribution in [3.63, 3.8) is 0 Å². The number of rotatable bonds is 8. The van der Waals surface area contributed by atoms with Crippen LogP contribution in [0, 0.1) is 18.7 Å². The molecule has 1 aliphatic carbocycles. The van der Waals surface area contributed by atoms with Crippen molar-refractivity contribution in [2.45, 2.75) is 51.0 Å². The van der Waals surface area contributed by atoms with E-state index in [4.69, 9.17) is 15.2 Å². The molecule has 9 heteroatoms. The van der Waals surface area contributed by atoms with Crippen molar-refractivity contribution in [3.05, 3.63) is 59.4 Å². The average Bonchev–Trinajstić information content (AvgIpc) is 3.22. The van der Waals surface area contributed by atoms with Gasteiger partial charge in [0, 0.05) is 37.2 Å². The van der Waals surface area contributed by atoms with E-state index in [0.717, 1.165) is 5.56 Å². The van der Waals surface area contributed by atoms with Crippen molar-refractivity contribution >= 4 is 11.8 Å². The Balaban J connectivity index is 1.65. The van der Waals surface area contributed by atoms with Crippen molar-refractivity contribution in [1.82, 2.24) is 10.2 Å². The van der Waals surface area contributed by atoms with Crippen LogP contribution < -0.4 is 11.1 Å². The molecule has 1 saturated carbocycles. The van der Waals surface area contributed by atoms with Gasteiger partial charge in [0.05, 0.1) is 12.7 Å². The van der Waals surface area contributed by atoms with E-state index in [1.807, 2.05) is 38.1 Å². The SMILES string of the molecule is CCNC(=O)CO[C@@H](c1cccc(F)c1-c1cccc(C)c1)[C@H]1CN(C(=O)[C@H]2C[C@@H](N)[C@@H](O)C2)CCO1. The Morgan fingerprint density at radius 2 is 2.05 bits per heavy atom. The van der Waals surface area contributed by atoms with Crippen LogP contribution in [0.1, 0.15) is 37.0 Å². The first-order valence-electron chi connectivity index (χ1n) is 12.9. The molecule has 2 fully saturated rings. The molecule has 1 heterocycles. The van der Waals surface area contributed by atoms with Gasteiger partial charge < -0.3 is 30.5 Å². The molecular weight excluding hydrogens is 477 g/mol. The Morgan fingerprint density at radius 1 is 1.27 bits per heavy atom. The zero-order valence-corrected chi connectivity index (χ0v) is 21.4. The second kappa shape index (κ2) is 12.1. The Hall–Kier alpha value is -2.85. The van der Waals surface area contributed by atoms with Crippen LogP contribution in [0.5, 0.6) is 0 Å². The summed E-state index contributed by atoms with van der Waals surface area (Å²) < 4.78 is 27.5. The molecule has 4 N–H and O–H groups in total. The van der Waals surface area contributed by atoms with E-state index in [-0.39, 0.29) is 37.5 Å². The van der Waals surface area contributed by atoms with Crippen LogP contribution in [0.3, 0.4) is 0 Å². The smallest absolute Gasteiger partial charge is 0.246 e. The molecular formula is C28H36FN3O5. The molecule has 2 aromatic carbocycles. The molecule has 1 aliphatic heterocycles. The molecule has 0 bridgehead atoms. The fourth-order valence-electron chi connectivity index (χ4n) is 5.26. The first kappa shape index (κ1) is 27.2. The predicted octanol–water partition coefficient (Wildman–Crippen LogP) is 2.32. The van der Waals surface area contributed by atoms with E-state index >= 15 is 4.39 Å². The second-order valence-corrected chi connectivity index (χ2v) is 9.85. The maximum Gasteiger partial charge on any atom is 0.246 e. The number of nitrogens with two attached hydrogens (primary N) is 1. The number of carbonyl (C=O) groups excluding carboxylic acids is 2. The molecule has 8 nitrogen and oxygen atoms in total. The van der Waals surface area contributed by atoms with Gasteiger partial charge in [0.25, 0.3) is 0 Å². The summed E-state index contributed by atoms with van der Waals surface area (Å²) in [6.45, 7) is 4.86.